The first-order valence-electron chi connectivity index (χ1n) is 13.3. The number of nitrogens with one attached hydrogen (secondary N) is 1. The number of halogens is 1. The van der Waals surface area contributed by atoms with Crippen LogP contribution in [-0.2, 0) is 4.74 Å². The maximum atomic E-state index is 6.16. The Balaban J connectivity index is 1.08. The van der Waals surface area contributed by atoms with Gasteiger partial charge in [-0.15, -0.1) is 0 Å². The van der Waals surface area contributed by atoms with Crippen LogP contribution in [0.1, 0.15) is 43.0 Å². The van der Waals surface area contributed by atoms with Crippen LogP contribution < -0.4 is 10.1 Å². The van der Waals surface area contributed by atoms with Gasteiger partial charge in [0.1, 0.15) is 11.6 Å². The summed E-state index contributed by atoms with van der Waals surface area (Å²) >= 11 is 6.16. The molecule has 0 bridgehead atoms. The van der Waals surface area contributed by atoms with Crippen LogP contribution in [0.3, 0.4) is 0 Å². The zero-order chi connectivity index (χ0) is 24.3. The average molecular weight is 504 g/mol. The van der Waals surface area contributed by atoms with Gasteiger partial charge in [0.15, 0.2) is 0 Å². The standard InChI is InChI=1S/C30H34ClN3O2/c31-24-8-9-26-28(13-17-36-29(26)19-24)33-30-7-3-6-27(32-30)21-10-14-34(15-11-21)20-23-5-2-1-4-22(23)18-25-12-16-35-25/h1-10,19,22-23,25,28H,11-18,20H2,(H,32,33)/t22?,23?,25-,28?/m1/s1. The highest BCUT2D eigenvalue weighted by Crippen LogP contribution is 2.36. The molecule has 36 heavy (non-hydrogen) atoms. The van der Waals surface area contributed by atoms with Gasteiger partial charge in [-0.2, -0.15) is 0 Å². The molecular weight excluding hydrogens is 470 g/mol. The fourth-order valence-electron chi connectivity index (χ4n) is 5.72. The Morgan fingerprint density at radius 3 is 2.75 bits per heavy atom. The molecule has 4 aliphatic rings. The van der Waals surface area contributed by atoms with E-state index in [9.17, 15) is 0 Å². The summed E-state index contributed by atoms with van der Waals surface area (Å²) in [6.45, 7) is 4.75. The molecule has 0 spiro atoms. The summed E-state index contributed by atoms with van der Waals surface area (Å²) in [6.07, 6.45) is 16.3. The predicted molar refractivity (Wildman–Crippen MR) is 145 cm³/mol. The van der Waals surface area contributed by atoms with Crippen molar-refractivity contribution in [1.29, 1.82) is 0 Å². The van der Waals surface area contributed by atoms with Gasteiger partial charge in [0.25, 0.3) is 0 Å². The smallest absolute Gasteiger partial charge is 0.127 e. The van der Waals surface area contributed by atoms with Crippen molar-refractivity contribution in [3.63, 3.8) is 0 Å². The normalized spacial score (nSPS) is 27.5. The highest BCUT2D eigenvalue weighted by atomic mass is 35.5. The Morgan fingerprint density at radius 1 is 1.06 bits per heavy atom. The second-order valence-corrected chi connectivity index (χ2v) is 10.7. The minimum atomic E-state index is 0.167. The number of anilines is 1. The van der Waals surface area contributed by atoms with Crippen molar-refractivity contribution in [2.45, 2.75) is 37.8 Å². The molecule has 0 radical (unpaired) electrons. The first kappa shape index (κ1) is 23.8. The van der Waals surface area contributed by atoms with E-state index in [0.717, 1.165) is 68.3 Å². The number of nitrogens with zero attached hydrogens (tertiary/aromatic N) is 2. The summed E-state index contributed by atoms with van der Waals surface area (Å²) in [5, 5.41) is 4.33. The van der Waals surface area contributed by atoms with Gasteiger partial charge in [0, 0.05) is 43.2 Å². The molecule has 6 rings (SSSR count). The lowest BCUT2D eigenvalue weighted by Crippen LogP contribution is -2.37. The number of hydrogen-bond acceptors (Lipinski definition) is 5. The van der Waals surface area contributed by atoms with Crippen molar-refractivity contribution in [2.75, 3.05) is 38.2 Å². The van der Waals surface area contributed by atoms with E-state index in [0.29, 0.717) is 29.6 Å². The lowest BCUT2D eigenvalue weighted by molar-refractivity contribution is -0.0627. The van der Waals surface area contributed by atoms with E-state index >= 15 is 0 Å². The molecule has 4 heterocycles. The number of rotatable bonds is 7. The van der Waals surface area contributed by atoms with Gasteiger partial charge in [-0.05, 0) is 60.9 Å². The Morgan fingerprint density at radius 2 is 1.94 bits per heavy atom. The monoisotopic (exact) mass is 503 g/mol. The van der Waals surface area contributed by atoms with Gasteiger partial charge in [-0.3, -0.25) is 4.90 Å². The number of ether oxygens (including phenoxy) is 2. The molecule has 0 saturated carbocycles. The number of fused-ring (bicyclic) bond motifs is 1. The maximum absolute atomic E-state index is 6.16. The molecule has 1 N–H and O–H groups in total. The Labute approximate surface area is 218 Å². The fourth-order valence-corrected chi connectivity index (χ4v) is 5.88. The molecule has 4 atom stereocenters. The molecule has 1 aromatic heterocycles. The largest absolute Gasteiger partial charge is 0.493 e. The first-order valence-corrected chi connectivity index (χ1v) is 13.6. The van der Waals surface area contributed by atoms with Crippen LogP contribution in [0.4, 0.5) is 5.82 Å². The van der Waals surface area contributed by atoms with Crippen molar-refractivity contribution in [3.05, 3.63) is 83.1 Å². The van der Waals surface area contributed by atoms with Gasteiger partial charge in [0.05, 0.1) is 24.4 Å². The van der Waals surface area contributed by atoms with Gasteiger partial charge in [-0.1, -0.05) is 54.1 Å². The minimum absolute atomic E-state index is 0.167. The molecule has 3 unspecified atom stereocenters. The summed E-state index contributed by atoms with van der Waals surface area (Å²) in [5.41, 5.74) is 3.55. The zero-order valence-corrected chi connectivity index (χ0v) is 21.4. The SMILES string of the molecule is Clc1ccc2c(c1)OCCC2Nc1cccc(C2=CCN(CC3C=CC=CC3C[C@H]3CCO3)CC2)n1. The van der Waals surface area contributed by atoms with E-state index in [1.807, 2.05) is 12.1 Å². The van der Waals surface area contributed by atoms with Gasteiger partial charge >= 0.3 is 0 Å². The molecule has 3 aliphatic heterocycles. The van der Waals surface area contributed by atoms with Gasteiger partial charge in [0.2, 0.25) is 0 Å². The van der Waals surface area contributed by atoms with Crippen LogP contribution in [0.15, 0.2) is 66.8 Å². The summed E-state index contributed by atoms with van der Waals surface area (Å²) in [6, 6.07) is 12.3. The summed E-state index contributed by atoms with van der Waals surface area (Å²) in [5.74, 6) is 2.92. The molecule has 0 amide bonds. The third-order valence-corrected chi connectivity index (χ3v) is 8.12. The molecule has 188 valence electrons. The number of aromatic nitrogens is 1. The highest BCUT2D eigenvalue weighted by molar-refractivity contribution is 6.30. The molecule has 2 aromatic rings. The molecular formula is C30H34ClN3O2. The quantitative estimate of drug-likeness (QED) is 0.480. The van der Waals surface area contributed by atoms with Crippen molar-refractivity contribution in [3.8, 4) is 5.75 Å². The Kier molecular flexibility index (Phi) is 7.13. The Hall–Kier alpha value is -2.60. The average Bonchev–Trinajstić information content (AvgIpc) is 2.88. The maximum Gasteiger partial charge on any atom is 0.127 e. The summed E-state index contributed by atoms with van der Waals surface area (Å²) in [4.78, 5) is 7.57. The highest BCUT2D eigenvalue weighted by Gasteiger charge is 2.28. The zero-order valence-electron chi connectivity index (χ0n) is 20.6. The van der Waals surface area contributed by atoms with Crippen LogP contribution in [0.5, 0.6) is 5.75 Å². The lowest BCUT2D eigenvalue weighted by Gasteiger charge is -2.36. The third-order valence-electron chi connectivity index (χ3n) is 7.88. The second kappa shape index (κ2) is 10.8. The molecule has 1 saturated heterocycles. The molecule has 6 heteroatoms. The van der Waals surface area contributed by atoms with Crippen LogP contribution in [0.25, 0.3) is 5.57 Å². The van der Waals surface area contributed by atoms with E-state index in [2.05, 4.69) is 64.9 Å². The summed E-state index contributed by atoms with van der Waals surface area (Å²) < 4.78 is 11.5. The number of pyridine rings is 1. The van der Waals surface area contributed by atoms with Crippen LogP contribution in [0.2, 0.25) is 5.02 Å². The van der Waals surface area contributed by atoms with Crippen molar-refractivity contribution in [1.82, 2.24) is 9.88 Å². The third kappa shape index (κ3) is 5.39. The van der Waals surface area contributed by atoms with Crippen LogP contribution in [0, 0.1) is 11.8 Å². The lowest BCUT2D eigenvalue weighted by atomic mass is 9.82. The fraction of sp³-hybridized carbons (Fsp3) is 0.433. The second-order valence-electron chi connectivity index (χ2n) is 10.3. The number of benzene rings is 1. The van der Waals surface area contributed by atoms with Crippen LogP contribution >= 0.6 is 11.6 Å². The topological polar surface area (TPSA) is 46.6 Å². The number of allylic oxidation sites excluding steroid dienone is 3. The molecule has 1 aromatic carbocycles. The minimum Gasteiger partial charge on any atom is -0.493 e. The van der Waals surface area contributed by atoms with E-state index in [1.54, 1.807) is 0 Å². The van der Waals surface area contributed by atoms with Gasteiger partial charge in [-0.25, -0.2) is 4.98 Å². The molecule has 1 fully saturated rings. The Bertz CT molecular complexity index is 1170. The molecule has 1 aliphatic carbocycles. The van der Waals surface area contributed by atoms with E-state index < -0.39 is 0 Å². The summed E-state index contributed by atoms with van der Waals surface area (Å²) in [7, 11) is 0. The van der Waals surface area contributed by atoms with Crippen molar-refractivity contribution >= 4 is 23.0 Å². The first-order chi connectivity index (χ1) is 17.7. The van der Waals surface area contributed by atoms with E-state index in [4.69, 9.17) is 26.1 Å². The van der Waals surface area contributed by atoms with E-state index in [1.165, 1.54) is 12.0 Å². The van der Waals surface area contributed by atoms with Crippen molar-refractivity contribution < 1.29 is 9.47 Å². The van der Waals surface area contributed by atoms with Gasteiger partial charge < -0.3 is 14.8 Å². The van der Waals surface area contributed by atoms with Crippen LogP contribution in [-0.4, -0.2) is 48.8 Å². The van der Waals surface area contributed by atoms with E-state index in [-0.39, 0.29) is 6.04 Å². The molecule has 5 nitrogen and oxygen atoms in total. The number of hydrogen-bond donors (Lipinski definition) is 1. The van der Waals surface area contributed by atoms with Crippen molar-refractivity contribution in [2.24, 2.45) is 11.8 Å². The predicted octanol–water partition coefficient (Wildman–Crippen LogP) is 6.30.